The second kappa shape index (κ2) is 7.04. The van der Waals surface area contributed by atoms with Crippen molar-refractivity contribution in [1.29, 1.82) is 0 Å². The van der Waals surface area contributed by atoms with Crippen molar-refractivity contribution in [2.24, 2.45) is 5.41 Å². The second-order valence-electron chi connectivity index (χ2n) is 7.15. The molecule has 0 saturated heterocycles. The first-order valence-electron chi connectivity index (χ1n) is 7.63. The minimum atomic E-state index is -3.26. The number of ether oxygens (including phenoxy) is 1. The SMILES string of the molecule is CCOC(=O)C(C)(C)CP(=O)(Oc1ccc(F)cc1)C(C)(C)C. The molecule has 0 aromatic heterocycles. The largest absolute Gasteiger partial charge is 0.466 e. The number of halogens is 1. The van der Waals surface area contributed by atoms with Crippen LogP contribution in [0.3, 0.4) is 0 Å². The molecule has 0 fully saturated rings. The van der Waals surface area contributed by atoms with Gasteiger partial charge in [-0.3, -0.25) is 9.36 Å². The van der Waals surface area contributed by atoms with Gasteiger partial charge in [0.05, 0.1) is 18.2 Å². The molecule has 1 unspecified atom stereocenters. The predicted molar refractivity (Wildman–Crippen MR) is 89.7 cm³/mol. The van der Waals surface area contributed by atoms with Gasteiger partial charge in [0.1, 0.15) is 11.6 Å². The van der Waals surface area contributed by atoms with Gasteiger partial charge in [-0.25, -0.2) is 4.39 Å². The minimum Gasteiger partial charge on any atom is -0.466 e. The van der Waals surface area contributed by atoms with Gasteiger partial charge in [-0.15, -0.1) is 0 Å². The monoisotopic (exact) mass is 344 g/mol. The van der Waals surface area contributed by atoms with Crippen molar-refractivity contribution >= 4 is 13.3 Å². The average molecular weight is 344 g/mol. The fraction of sp³-hybridized carbons (Fsp3) is 0.588. The van der Waals surface area contributed by atoms with Crippen molar-refractivity contribution in [3.8, 4) is 5.75 Å². The van der Waals surface area contributed by atoms with Gasteiger partial charge < -0.3 is 9.26 Å². The summed E-state index contributed by atoms with van der Waals surface area (Å²) in [5, 5.41) is -0.675. The van der Waals surface area contributed by atoms with Crippen molar-refractivity contribution in [2.45, 2.75) is 46.7 Å². The second-order valence-corrected chi connectivity index (χ2v) is 10.3. The Bertz CT molecular complexity index is 588. The molecule has 0 N–H and O–H groups in total. The van der Waals surface area contributed by atoms with Crippen LogP contribution in [0, 0.1) is 11.2 Å². The minimum absolute atomic E-state index is 0.0414. The van der Waals surface area contributed by atoms with Crippen LogP contribution < -0.4 is 4.52 Å². The van der Waals surface area contributed by atoms with E-state index in [4.69, 9.17) is 9.26 Å². The van der Waals surface area contributed by atoms with E-state index in [1.807, 2.05) is 0 Å². The molecule has 0 aliphatic rings. The summed E-state index contributed by atoms with van der Waals surface area (Å²) in [4.78, 5) is 12.1. The maximum atomic E-state index is 13.5. The van der Waals surface area contributed by atoms with Crippen LogP contribution in [0.5, 0.6) is 5.75 Å². The zero-order chi connectivity index (χ0) is 17.9. The van der Waals surface area contributed by atoms with E-state index in [-0.39, 0.29) is 12.8 Å². The van der Waals surface area contributed by atoms with E-state index in [9.17, 15) is 13.8 Å². The van der Waals surface area contributed by atoms with Crippen molar-refractivity contribution in [3.05, 3.63) is 30.1 Å². The Kier molecular flexibility index (Phi) is 6.03. The summed E-state index contributed by atoms with van der Waals surface area (Å²) in [6.07, 6.45) is 0.0414. The smallest absolute Gasteiger partial charge is 0.312 e. The summed E-state index contributed by atoms with van der Waals surface area (Å²) in [6, 6.07) is 5.37. The maximum Gasteiger partial charge on any atom is 0.312 e. The Labute approximate surface area is 137 Å². The molecule has 1 aromatic rings. The lowest BCUT2D eigenvalue weighted by atomic mass is 9.97. The molecular weight excluding hydrogens is 318 g/mol. The number of esters is 1. The lowest BCUT2D eigenvalue weighted by Crippen LogP contribution is -2.35. The molecule has 1 atom stereocenters. The van der Waals surface area contributed by atoms with Gasteiger partial charge in [0, 0.05) is 5.16 Å². The zero-order valence-electron chi connectivity index (χ0n) is 14.7. The molecule has 0 heterocycles. The van der Waals surface area contributed by atoms with Crippen molar-refractivity contribution in [2.75, 3.05) is 12.8 Å². The Balaban J connectivity index is 3.11. The average Bonchev–Trinajstić information content (AvgIpc) is 2.40. The van der Waals surface area contributed by atoms with E-state index in [1.54, 1.807) is 41.5 Å². The molecule has 0 radical (unpaired) electrons. The normalized spacial score (nSPS) is 14.9. The zero-order valence-corrected chi connectivity index (χ0v) is 15.6. The van der Waals surface area contributed by atoms with Crippen LogP contribution in [-0.4, -0.2) is 23.9 Å². The summed E-state index contributed by atoms with van der Waals surface area (Å²) in [6.45, 7) is 10.8. The summed E-state index contributed by atoms with van der Waals surface area (Å²) < 4.78 is 37.4. The summed E-state index contributed by atoms with van der Waals surface area (Å²) >= 11 is 0. The van der Waals surface area contributed by atoms with Gasteiger partial charge in [-0.1, -0.05) is 20.8 Å². The molecule has 0 aliphatic carbocycles. The van der Waals surface area contributed by atoms with Crippen LogP contribution in [0.15, 0.2) is 24.3 Å². The fourth-order valence-electron chi connectivity index (χ4n) is 1.98. The molecule has 0 saturated carbocycles. The Hall–Kier alpha value is -1.35. The fourth-order valence-corrected chi connectivity index (χ4v) is 4.43. The van der Waals surface area contributed by atoms with Gasteiger partial charge in [-0.05, 0) is 45.0 Å². The predicted octanol–water partition coefficient (Wildman–Crippen LogP) is 4.87. The maximum absolute atomic E-state index is 13.5. The van der Waals surface area contributed by atoms with Gasteiger partial charge in [0.15, 0.2) is 0 Å². The molecule has 1 aromatic carbocycles. The highest BCUT2D eigenvalue weighted by Crippen LogP contribution is 2.61. The highest BCUT2D eigenvalue weighted by atomic mass is 31.2. The molecule has 23 heavy (non-hydrogen) atoms. The van der Waals surface area contributed by atoms with Gasteiger partial charge in [0.2, 0.25) is 0 Å². The highest BCUT2D eigenvalue weighted by molar-refractivity contribution is 7.61. The third-order valence-corrected chi connectivity index (χ3v) is 7.28. The number of hydrogen-bond donors (Lipinski definition) is 0. The van der Waals surface area contributed by atoms with Gasteiger partial charge in [-0.2, -0.15) is 0 Å². The van der Waals surface area contributed by atoms with E-state index in [1.165, 1.54) is 24.3 Å². The molecule has 0 bridgehead atoms. The first-order valence-corrected chi connectivity index (χ1v) is 9.44. The number of carbonyl (C=O) groups is 1. The molecule has 130 valence electrons. The summed E-state index contributed by atoms with van der Waals surface area (Å²) in [7, 11) is -3.26. The first-order chi connectivity index (χ1) is 10.4. The molecule has 0 amide bonds. The molecule has 6 heteroatoms. The van der Waals surface area contributed by atoms with Gasteiger partial charge >= 0.3 is 5.97 Å². The van der Waals surface area contributed by atoms with E-state index >= 15 is 0 Å². The standard InChI is InChI=1S/C17H26FO4P/c1-7-21-15(19)17(5,6)12-23(20,16(2,3)4)22-14-10-8-13(18)9-11-14/h8-11H,7,12H2,1-6H3. The van der Waals surface area contributed by atoms with Crippen LogP contribution >= 0.6 is 7.37 Å². The third-order valence-electron chi connectivity index (χ3n) is 3.52. The highest BCUT2D eigenvalue weighted by Gasteiger charge is 2.46. The quantitative estimate of drug-likeness (QED) is 0.546. The Morgan fingerprint density at radius 1 is 1.13 bits per heavy atom. The Morgan fingerprint density at radius 3 is 2.09 bits per heavy atom. The van der Waals surface area contributed by atoms with Crippen molar-refractivity contribution in [1.82, 2.24) is 0 Å². The van der Waals surface area contributed by atoms with Crippen molar-refractivity contribution in [3.63, 3.8) is 0 Å². The Morgan fingerprint density at radius 2 is 1.65 bits per heavy atom. The molecule has 0 aliphatic heterocycles. The number of rotatable bonds is 6. The van der Waals surface area contributed by atoms with Crippen LogP contribution in [0.2, 0.25) is 0 Å². The number of hydrogen-bond acceptors (Lipinski definition) is 4. The molecular formula is C17H26FO4P. The molecule has 0 spiro atoms. The lowest BCUT2D eigenvalue weighted by molar-refractivity contribution is -0.152. The molecule has 1 rings (SSSR count). The van der Waals surface area contributed by atoms with Crippen LogP contribution in [0.25, 0.3) is 0 Å². The lowest BCUT2D eigenvalue weighted by Gasteiger charge is -2.35. The van der Waals surface area contributed by atoms with Gasteiger partial charge in [0.25, 0.3) is 7.37 Å². The molecule has 4 nitrogen and oxygen atoms in total. The summed E-state index contributed by atoms with van der Waals surface area (Å²) in [5.41, 5.74) is -0.946. The third kappa shape index (κ3) is 5.07. The van der Waals surface area contributed by atoms with Crippen LogP contribution in [0.1, 0.15) is 41.5 Å². The van der Waals surface area contributed by atoms with E-state index in [2.05, 4.69) is 0 Å². The van der Waals surface area contributed by atoms with Crippen LogP contribution in [-0.2, 0) is 14.1 Å². The van der Waals surface area contributed by atoms with E-state index in [0.717, 1.165) is 0 Å². The number of carbonyl (C=O) groups excluding carboxylic acids is 1. The van der Waals surface area contributed by atoms with E-state index < -0.39 is 29.7 Å². The van der Waals surface area contributed by atoms with Crippen LogP contribution in [0.4, 0.5) is 4.39 Å². The first kappa shape index (κ1) is 19.7. The van der Waals surface area contributed by atoms with E-state index in [0.29, 0.717) is 5.75 Å². The number of benzene rings is 1. The topological polar surface area (TPSA) is 52.6 Å². The van der Waals surface area contributed by atoms with Crippen molar-refractivity contribution < 1.29 is 23.0 Å². The summed E-state index contributed by atoms with van der Waals surface area (Å²) in [5.74, 6) is -0.480.